The predicted octanol–water partition coefficient (Wildman–Crippen LogP) is 3.89. The van der Waals surface area contributed by atoms with Crippen LogP contribution in [0, 0.1) is 0 Å². The van der Waals surface area contributed by atoms with Crippen molar-refractivity contribution in [1.29, 1.82) is 0 Å². The van der Waals surface area contributed by atoms with Crippen molar-refractivity contribution in [3.63, 3.8) is 0 Å². The molecule has 3 heterocycles. The first-order chi connectivity index (χ1) is 14.8. The summed E-state index contributed by atoms with van der Waals surface area (Å²) in [6.07, 6.45) is 7.67. The smallest absolute Gasteiger partial charge is 0.194 e. The lowest BCUT2D eigenvalue weighted by Gasteiger charge is -2.34. The van der Waals surface area contributed by atoms with Crippen molar-refractivity contribution in [2.45, 2.75) is 32.4 Å². The molecule has 0 radical (unpaired) electrons. The van der Waals surface area contributed by atoms with Crippen LogP contribution in [-0.2, 0) is 6.54 Å². The monoisotopic (exact) mass is 532 g/mol. The van der Waals surface area contributed by atoms with E-state index in [2.05, 4.69) is 27.2 Å². The van der Waals surface area contributed by atoms with Crippen LogP contribution in [0.5, 0.6) is 5.75 Å². The molecule has 8 heteroatoms. The van der Waals surface area contributed by atoms with Gasteiger partial charge in [0.1, 0.15) is 11.9 Å². The average molecular weight is 532 g/mol. The summed E-state index contributed by atoms with van der Waals surface area (Å²) in [5, 5.41) is 7.68. The number of nitrogens with zero attached hydrogens (tertiary/aromatic N) is 5. The van der Waals surface area contributed by atoms with Crippen molar-refractivity contribution in [2.75, 3.05) is 19.6 Å². The van der Waals surface area contributed by atoms with Gasteiger partial charge in [-0.3, -0.25) is 0 Å². The van der Waals surface area contributed by atoms with E-state index in [9.17, 15) is 0 Å². The minimum atomic E-state index is 0. The second kappa shape index (κ2) is 11.7. The highest BCUT2D eigenvalue weighted by molar-refractivity contribution is 14.0. The standard InChI is InChI=1S/C23H28N6O.HI/c1-2-24-23(26-18-19-9-13-25-22(17-19)29-14-6-12-27-29)28-15-10-21(11-16-28)30-20-7-4-3-5-8-20;/h3-9,12-14,17,21H,2,10-11,15-16,18H2,1H3,(H,24,26);1H. The normalized spacial score (nSPS) is 14.7. The number of hydrogen-bond acceptors (Lipinski definition) is 4. The summed E-state index contributed by atoms with van der Waals surface area (Å²) in [7, 11) is 0. The van der Waals surface area contributed by atoms with Crippen LogP contribution >= 0.6 is 24.0 Å². The molecular formula is C23H29IN6O. The number of pyridine rings is 1. The van der Waals surface area contributed by atoms with Crippen molar-refractivity contribution in [3.8, 4) is 11.6 Å². The third-order valence-corrected chi connectivity index (χ3v) is 5.08. The molecular weight excluding hydrogens is 503 g/mol. The fourth-order valence-electron chi connectivity index (χ4n) is 3.56. The number of piperidine rings is 1. The van der Waals surface area contributed by atoms with Gasteiger partial charge in [0.2, 0.25) is 0 Å². The molecule has 7 nitrogen and oxygen atoms in total. The number of guanidine groups is 1. The van der Waals surface area contributed by atoms with Crippen molar-refractivity contribution in [1.82, 2.24) is 25.0 Å². The Morgan fingerprint density at radius 2 is 1.94 bits per heavy atom. The third-order valence-electron chi connectivity index (χ3n) is 5.08. The zero-order chi connectivity index (χ0) is 20.6. The molecule has 2 aromatic heterocycles. The Bertz CT molecular complexity index is 940. The number of halogens is 1. The van der Waals surface area contributed by atoms with Crippen LogP contribution in [-0.4, -0.2) is 51.4 Å². The van der Waals surface area contributed by atoms with E-state index in [0.717, 1.165) is 55.6 Å². The maximum Gasteiger partial charge on any atom is 0.194 e. The first kappa shape index (κ1) is 23.1. The fraction of sp³-hybridized carbons (Fsp3) is 0.348. The number of aliphatic imine (C=N–C) groups is 1. The van der Waals surface area contributed by atoms with Crippen LogP contribution < -0.4 is 10.1 Å². The molecule has 3 aromatic rings. The minimum absolute atomic E-state index is 0. The topological polar surface area (TPSA) is 67.6 Å². The van der Waals surface area contributed by atoms with Crippen LogP contribution in [0.15, 0.2) is 72.1 Å². The molecule has 1 aromatic carbocycles. The molecule has 0 amide bonds. The van der Waals surface area contributed by atoms with Crippen LogP contribution in [0.2, 0.25) is 0 Å². The Labute approximate surface area is 200 Å². The lowest BCUT2D eigenvalue weighted by Crippen LogP contribution is -2.47. The van der Waals surface area contributed by atoms with Crippen molar-refractivity contribution < 1.29 is 4.74 Å². The highest BCUT2D eigenvalue weighted by Gasteiger charge is 2.22. The number of nitrogens with one attached hydrogen (secondary N) is 1. The summed E-state index contributed by atoms with van der Waals surface area (Å²) in [5.74, 6) is 2.70. The van der Waals surface area contributed by atoms with E-state index in [1.807, 2.05) is 54.7 Å². The number of rotatable bonds is 6. The quantitative estimate of drug-likeness (QED) is 0.297. The fourth-order valence-corrected chi connectivity index (χ4v) is 3.56. The summed E-state index contributed by atoms with van der Waals surface area (Å²) in [4.78, 5) is 11.6. The van der Waals surface area contributed by atoms with Crippen LogP contribution in [0.3, 0.4) is 0 Å². The van der Waals surface area contributed by atoms with E-state index in [0.29, 0.717) is 6.54 Å². The van der Waals surface area contributed by atoms with E-state index in [1.165, 1.54) is 0 Å². The largest absolute Gasteiger partial charge is 0.490 e. The van der Waals surface area contributed by atoms with E-state index in [1.54, 1.807) is 17.1 Å². The van der Waals surface area contributed by atoms with E-state index < -0.39 is 0 Å². The second-order valence-electron chi connectivity index (χ2n) is 7.26. The van der Waals surface area contributed by atoms with Gasteiger partial charge in [-0.2, -0.15) is 5.10 Å². The van der Waals surface area contributed by atoms with Crippen molar-refractivity contribution >= 4 is 29.9 Å². The lowest BCUT2D eigenvalue weighted by molar-refractivity contribution is 0.129. The maximum absolute atomic E-state index is 6.12. The SMILES string of the molecule is CCNC(=NCc1ccnc(-n2cccn2)c1)N1CCC(Oc2ccccc2)CC1.I. The van der Waals surface area contributed by atoms with Gasteiger partial charge in [0.05, 0.1) is 6.54 Å². The molecule has 0 aliphatic carbocycles. The Morgan fingerprint density at radius 3 is 2.65 bits per heavy atom. The molecule has 0 spiro atoms. The summed E-state index contributed by atoms with van der Waals surface area (Å²) in [6, 6.07) is 16.0. The minimum Gasteiger partial charge on any atom is -0.490 e. The zero-order valence-electron chi connectivity index (χ0n) is 17.7. The van der Waals surface area contributed by atoms with Gasteiger partial charge in [-0.1, -0.05) is 18.2 Å². The van der Waals surface area contributed by atoms with Gasteiger partial charge in [0.15, 0.2) is 11.8 Å². The Morgan fingerprint density at radius 1 is 1.13 bits per heavy atom. The molecule has 0 unspecified atom stereocenters. The van der Waals surface area contributed by atoms with Crippen LogP contribution in [0.4, 0.5) is 0 Å². The highest BCUT2D eigenvalue weighted by Crippen LogP contribution is 2.19. The summed E-state index contributed by atoms with van der Waals surface area (Å²) in [5.41, 5.74) is 1.10. The van der Waals surface area contributed by atoms with Crippen LogP contribution in [0.1, 0.15) is 25.3 Å². The first-order valence-electron chi connectivity index (χ1n) is 10.5. The lowest BCUT2D eigenvalue weighted by atomic mass is 10.1. The maximum atomic E-state index is 6.12. The third kappa shape index (κ3) is 6.43. The van der Waals surface area contributed by atoms with E-state index in [4.69, 9.17) is 9.73 Å². The number of ether oxygens (including phenoxy) is 1. The van der Waals surface area contributed by atoms with E-state index >= 15 is 0 Å². The summed E-state index contributed by atoms with van der Waals surface area (Å²) in [6.45, 7) is 5.40. The molecule has 0 bridgehead atoms. The van der Waals surface area contributed by atoms with Gasteiger partial charge >= 0.3 is 0 Å². The van der Waals surface area contributed by atoms with E-state index in [-0.39, 0.29) is 30.1 Å². The number of likely N-dealkylation sites (tertiary alicyclic amines) is 1. The number of aromatic nitrogens is 3. The molecule has 1 saturated heterocycles. The van der Waals surface area contributed by atoms with Gasteiger partial charge in [-0.25, -0.2) is 14.7 Å². The Hall–Kier alpha value is -2.62. The predicted molar refractivity (Wildman–Crippen MR) is 133 cm³/mol. The van der Waals surface area contributed by atoms with Gasteiger partial charge in [0.25, 0.3) is 0 Å². The van der Waals surface area contributed by atoms with Gasteiger partial charge in [-0.05, 0) is 42.8 Å². The summed E-state index contributed by atoms with van der Waals surface area (Å²) < 4.78 is 7.88. The van der Waals surface area contributed by atoms with Gasteiger partial charge in [0, 0.05) is 51.1 Å². The van der Waals surface area contributed by atoms with Gasteiger partial charge in [-0.15, -0.1) is 24.0 Å². The molecule has 0 saturated carbocycles. The second-order valence-corrected chi connectivity index (χ2v) is 7.26. The first-order valence-corrected chi connectivity index (χ1v) is 10.5. The molecule has 1 aliphatic rings. The number of para-hydroxylation sites is 1. The highest BCUT2D eigenvalue weighted by atomic mass is 127. The molecule has 1 fully saturated rings. The molecule has 164 valence electrons. The number of benzene rings is 1. The van der Waals surface area contributed by atoms with Crippen molar-refractivity contribution in [2.24, 2.45) is 4.99 Å². The molecule has 1 N–H and O–H groups in total. The van der Waals surface area contributed by atoms with Gasteiger partial charge < -0.3 is 15.0 Å². The molecule has 1 aliphatic heterocycles. The Kier molecular flexibility index (Phi) is 8.69. The number of hydrogen-bond donors (Lipinski definition) is 1. The zero-order valence-corrected chi connectivity index (χ0v) is 20.1. The van der Waals surface area contributed by atoms with Crippen LogP contribution in [0.25, 0.3) is 5.82 Å². The molecule has 4 rings (SSSR count). The summed E-state index contributed by atoms with van der Waals surface area (Å²) >= 11 is 0. The van der Waals surface area contributed by atoms with Crippen molar-refractivity contribution in [3.05, 3.63) is 72.7 Å². The average Bonchev–Trinajstić information content (AvgIpc) is 3.33. The molecule has 0 atom stereocenters. The Balaban J connectivity index is 0.00000272. The molecule has 31 heavy (non-hydrogen) atoms.